The highest BCUT2D eigenvalue weighted by molar-refractivity contribution is 7.89. The quantitative estimate of drug-likeness (QED) is 0.630. The highest BCUT2D eigenvalue weighted by Gasteiger charge is 2.35. The van der Waals surface area contributed by atoms with Crippen molar-refractivity contribution >= 4 is 10.0 Å². The van der Waals surface area contributed by atoms with E-state index < -0.39 is 10.0 Å². The Morgan fingerprint density at radius 3 is 2.65 bits per heavy atom. The van der Waals surface area contributed by atoms with E-state index >= 15 is 0 Å². The molecule has 0 spiro atoms. The van der Waals surface area contributed by atoms with Gasteiger partial charge in [-0.15, -0.1) is 0 Å². The van der Waals surface area contributed by atoms with Crippen LogP contribution in [0.25, 0.3) is 0 Å². The molecule has 1 aromatic rings. The van der Waals surface area contributed by atoms with Crippen molar-refractivity contribution < 1.29 is 8.42 Å². The minimum Gasteiger partial charge on any atom is -0.207 e. The van der Waals surface area contributed by atoms with Crippen molar-refractivity contribution in [3.05, 3.63) is 84.4 Å². The monoisotopic (exact) mass is 326 g/mol. The molecule has 1 aromatic carbocycles. The van der Waals surface area contributed by atoms with E-state index in [4.69, 9.17) is 0 Å². The molecule has 1 fully saturated rings. The van der Waals surface area contributed by atoms with E-state index in [1.54, 1.807) is 12.1 Å². The molecule has 3 nitrogen and oxygen atoms in total. The molecule has 0 aromatic heterocycles. The molecule has 1 unspecified atom stereocenters. The Balaban J connectivity index is 1.80. The van der Waals surface area contributed by atoms with Gasteiger partial charge in [-0.3, -0.25) is 0 Å². The largest absolute Gasteiger partial charge is 0.243 e. The van der Waals surface area contributed by atoms with Crippen LogP contribution in [-0.4, -0.2) is 25.8 Å². The van der Waals surface area contributed by atoms with Crippen molar-refractivity contribution in [1.82, 2.24) is 4.31 Å². The molecular formula is C19H20NO2S+. The van der Waals surface area contributed by atoms with Gasteiger partial charge in [0, 0.05) is 55.8 Å². The standard InChI is InChI=1S/C19H20NO2S/c1-15-8-10-19(11-9-15)23(21,22)20-13-16(2)18(14-20)12-17-6-4-3-5-7-17/h3-12,18H,2,13-14H2,1H3/q+1. The number of sulfonamides is 1. The molecule has 23 heavy (non-hydrogen) atoms. The second-order valence-electron chi connectivity index (χ2n) is 5.95. The van der Waals surface area contributed by atoms with Gasteiger partial charge in [0.2, 0.25) is 10.0 Å². The predicted octanol–water partition coefficient (Wildman–Crippen LogP) is 3.43. The smallest absolute Gasteiger partial charge is 0.207 e. The minimum absolute atomic E-state index is 0.0534. The second-order valence-corrected chi connectivity index (χ2v) is 7.89. The molecule has 3 rings (SSSR count). The van der Waals surface area contributed by atoms with Gasteiger partial charge >= 0.3 is 0 Å². The molecule has 1 heterocycles. The summed E-state index contributed by atoms with van der Waals surface area (Å²) in [6.45, 7) is 6.84. The van der Waals surface area contributed by atoms with Gasteiger partial charge < -0.3 is 0 Å². The topological polar surface area (TPSA) is 37.4 Å². The van der Waals surface area contributed by atoms with Gasteiger partial charge in [0.15, 0.2) is 0 Å². The lowest BCUT2D eigenvalue weighted by Gasteiger charge is -2.15. The number of hydrogen-bond acceptors (Lipinski definition) is 2. The fourth-order valence-electron chi connectivity index (χ4n) is 2.77. The van der Waals surface area contributed by atoms with Crippen LogP contribution in [0.15, 0.2) is 77.3 Å². The summed E-state index contributed by atoms with van der Waals surface area (Å²) < 4.78 is 27.0. The zero-order chi connectivity index (χ0) is 16.4. The van der Waals surface area contributed by atoms with E-state index in [0.29, 0.717) is 18.0 Å². The van der Waals surface area contributed by atoms with Crippen LogP contribution in [0.2, 0.25) is 0 Å². The summed E-state index contributed by atoms with van der Waals surface area (Å²) in [6, 6.07) is 6.99. The highest BCUT2D eigenvalue weighted by atomic mass is 32.2. The van der Waals surface area contributed by atoms with E-state index in [2.05, 4.69) is 12.7 Å². The van der Waals surface area contributed by atoms with Crippen LogP contribution in [-0.2, 0) is 10.0 Å². The van der Waals surface area contributed by atoms with Gasteiger partial charge in [-0.05, 0) is 24.6 Å². The first kappa shape index (κ1) is 15.8. The number of benzene rings is 1. The van der Waals surface area contributed by atoms with Crippen LogP contribution < -0.4 is 0 Å². The fourth-order valence-corrected chi connectivity index (χ4v) is 4.24. The lowest BCUT2D eigenvalue weighted by molar-refractivity contribution is 0.471. The summed E-state index contributed by atoms with van der Waals surface area (Å²) in [5.41, 5.74) is 3.07. The zero-order valence-corrected chi connectivity index (χ0v) is 14.0. The summed E-state index contributed by atoms with van der Waals surface area (Å²) in [7, 11) is -3.46. The van der Waals surface area contributed by atoms with Gasteiger partial charge in [0.05, 0.1) is 10.5 Å². The predicted molar refractivity (Wildman–Crippen MR) is 93.2 cm³/mol. The van der Waals surface area contributed by atoms with Crippen LogP contribution in [0.1, 0.15) is 5.56 Å². The summed E-state index contributed by atoms with van der Waals surface area (Å²) in [6.07, 6.45) is 12.0. The number of rotatable bonds is 3. The first-order valence-corrected chi connectivity index (χ1v) is 9.05. The van der Waals surface area contributed by atoms with Crippen LogP contribution in [0.3, 0.4) is 0 Å². The van der Waals surface area contributed by atoms with Crippen molar-refractivity contribution in [1.29, 1.82) is 0 Å². The highest BCUT2D eigenvalue weighted by Crippen LogP contribution is 2.29. The van der Waals surface area contributed by atoms with Gasteiger partial charge in [-0.2, -0.15) is 4.31 Å². The number of aryl methyl sites for hydroxylation is 1. The SMILES string of the molecule is C=C1CN(S(=O)(=O)c2ccc(C)cc2)CC1/C=C1/C=CC=C[CH+]1. The van der Waals surface area contributed by atoms with Crippen LogP contribution in [0.4, 0.5) is 0 Å². The van der Waals surface area contributed by atoms with E-state index in [9.17, 15) is 8.42 Å². The number of nitrogens with zero attached hydrogens (tertiary/aromatic N) is 1. The lowest BCUT2D eigenvalue weighted by atomic mass is 9.98. The molecule has 1 aliphatic heterocycles. The Morgan fingerprint density at radius 2 is 2.00 bits per heavy atom. The zero-order valence-electron chi connectivity index (χ0n) is 13.1. The Labute approximate surface area is 138 Å². The van der Waals surface area contributed by atoms with Gasteiger partial charge in [0.1, 0.15) is 0 Å². The number of hydrogen-bond donors (Lipinski definition) is 0. The fraction of sp³-hybridized carbons (Fsp3) is 0.211. The lowest BCUT2D eigenvalue weighted by Crippen LogP contribution is -2.28. The van der Waals surface area contributed by atoms with E-state index in [1.807, 2.05) is 49.8 Å². The minimum atomic E-state index is -3.46. The van der Waals surface area contributed by atoms with Gasteiger partial charge in [0.25, 0.3) is 0 Å². The maximum Gasteiger partial charge on any atom is 0.243 e. The van der Waals surface area contributed by atoms with E-state index in [-0.39, 0.29) is 5.92 Å². The second kappa shape index (κ2) is 6.22. The van der Waals surface area contributed by atoms with Crippen LogP contribution >= 0.6 is 0 Å². The summed E-state index contributed by atoms with van der Waals surface area (Å²) in [4.78, 5) is 0.344. The average Bonchev–Trinajstić information content (AvgIpc) is 2.90. The third kappa shape index (κ3) is 3.33. The molecule has 0 N–H and O–H groups in total. The third-order valence-electron chi connectivity index (χ3n) is 4.16. The Morgan fingerprint density at radius 1 is 1.26 bits per heavy atom. The van der Waals surface area contributed by atoms with Crippen LogP contribution in [0.5, 0.6) is 0 Å². The molecule has 0 bridgehead atoms. The average molecular weight is 326 g/mol. The normalized spacial score (nSPS) is 23.4. The maximum atomic E-state index is 12.8. The van der Waals surface area contributed by atoms with Crippen molar-refractivity contribution in [3.63, 3.8) is 0 Å². The van der Waals surface area contributed by atoms with E-state index in [1.165, 1.54) is 4.31 Å². The molecule has 1 saturated heterocycles. The Bertz CT molecular complexity index is 798. The molecule has 4 heteroatoms. The number of allylic oxidation sites excluding steroid dienone is 5. The van der Waals surface area contributed by atoms with Crippen molar-refractivity contribution in [2.45, 2.75) is 11.8 Å². The van der Waals surface area contributed by atoms with Crippen molar-refractivity contribution in [3.8, 4) is 0 Å². The van der Waals surface area contributed by atoms with Crippen molar-refractivity contribution in [2.75, 3.05) is 13.1 Å². The van der Waals surface area contributed by atoms with Gasteiger partial charge in [-0.1, -0.05) is 24.3 Å². The molecule has 1 aliphatic carbocycles. The third-order valence-corrected chi connectivity index (χ3v) is 5.98. The Hall–Kier alpha value is -2.04. The molecule has 0 radical (unpaired) electrons. The molecule has 2 aliphatic rings. The van der Waals surface area contributed by atoms with Crippen LogP contribution in [0, 0.1) is 19.3 Å². The Kier molecular flexibility index (Phi) is 4.28. The molecule has 0 amide bonds. The van der Waals surface area contributed by atoms with Crippen molar-refractivity contribution in [2.24, 2.45) is 5.92 Å². The maximum absolute atomic E-state index is 12.8. The first-order chi connectivity index (χ1) is 11.0. The molecule has 0 saturated carbocycles. The molecule has 1 atom stereocenters. The molecular weight excluding hydrogens is 306 g/mol. The summed E-state index contributed by atoms with van der Waals surface area (Å²) >= 11 is 0. The summed E-state index contributed by atoms with van der Waals surface area (Å²) in [5.74, 6) is 0.0534. The first-order valence-electron chi connectivity index (χ1n) is 7.61. The summed E-state index contributed by atoms with van der Waals surface area (Å²) in [5, 5.41) is 0. The van der Waals surface area contributed by atoms with Gasteiger partial charge in [-0.25, -0.2) is 8.42 Å². The molecule has 118 valence electrons. The van der Waals surface area contributed by atoms with E-state index in [0.717, 1.165) is 16.7 Å².